The number of hydrogen-bond acceptors (Lipinski definition) is 4. The van der Waals surface area contributed by atoms with E-state index in [1.54, 1.807) is 6.07 Å². The van der Waals surface area contributed by atoms with Gasteiger partial charge in [0.15, 0.2) is 6.61 Å². The van der Waals surface area contributed by atoms with E-state index in [0.717, 1.165) is 6.07 Å². The number of carbonyl (C=O) groups is 2. The fraction of sp³-hybridized carbons (Fsp3) is 0.238. The minimum atomic E-state index is -0.654. The highest BCUT2D eigenvalue weighted by Gasteiger charge is 2.34. The SMILES string of the molecule is C=C(CCNC(=O)COc1ccc(Cl)c(F)c1)N1C[C@@H](c2ccc(Cl)c(F)c2)OC1=O. The van der Waals surface area contributed by atoms with Crippen molar-refractivity contribution in [2.24, 2.45) is 0 Å². The summed E-state index contributed by atoms with van der Waals surface area (Å²) in [5, 5.41) is 2.56. The molecule has 6 nitrogen and oxygen atoms in total. The predicted octanol–water partition coefficient (Wildman–Crippen LogP) is 4.86. The maximum Gasteiger partial charge on any atom is 0.414 e. The largest absolute Gasteiger partial charge is 0.484 e. The van der Waals surface area contributed by atoms with E-state index in [2.05, 4.69) is 11.9 Å². The van der Waals surface area contributed by atoms with E-state index in [0.29, 0.717) is 11.3 Å². The molecule has 0 aromatic heterocycles. The fourth-order valence-electron chi connectivity index (χ4n) is 2.85. The topological polar surface area (TPSA) is 67.9 Å². The third-order valence-electron chi connectivity index (χ3n) is 4.51. The van der Waals surface area contributed by atoms with Crippen LogP contribution in [0.4, 0.5) is 13.6 Å². The Kier molecular flexibility index (Phi) is 7.35. The molecule has 1 atom stereocenters. The van der Waals surface area contributed by atoms with Crippen LogP contribution in [-0.2, 0) is 9.53 Å². The van der Waals surface area contributed by atoms with E-state index in [-0.39, 0.29) is 41.9 Å². The summed E-state index contributed by atoms with van der Waals surface area (Å²) in [4.78, 5) is 25.4. The molecule has 3 rings (SSSR count). The van der Waals surface area contributed by atoms with Gasteiger partial charge >= 0.3 is 6.09 Å². The van der Waals surface area contributed by atoms with Crippen LogP contribution in [-0.4, -0.2) is 36.6 Å². The van der Waals surface area contributed by atoms with Crippen molar-refractivity contribution in [1.29, 1.82) is 0 Å². The number of benzene rings is 2. The molecule has 2 aromatic rings. The Bertz CT molecular complexity index is 1020. The molecule has 1 N–H and O–H groups in total. The van der Waals surface area contributed by atoms with Gasteiger partial charge in [0.05, 0.1) is 16.6 Å². The molecule has 2 aromatic carbocycles. The van der Waals surface area contributed by atoms with Crippen LogP contribution >= 0.6 is 23.2 Å². The van der Waals surface area contributed by atoms with Gasteiger partial charge in [-0.2, -0.15) is 0 Å². The molecule has 2 amide bonds. The van der Waals surface area contributed by atoms with E-state index in [4.69, 9.17) is 32.7 Å². The molecule has 1 saturated heterocycles. The number of nitrogens with zero attached hydrogens (tertiary/aromatic N) is 1. The lowest BCUT2D eigenvalue weighted by Crippen LogP contribution is -2.32. The van der Waals surface area contributed by atoms with Gasteiger partial charge in [0.1, 0.15) is 23.5 Å². The zero-order valence-electron chi connectivity index (χ0n) is 16.2. The Morgan fingerprint density at radius 2 is 1.87 bits per heavy atom. The number of halogens is 4. The molecule has 0 aliphatic carbocycles. The first kappa shape index (κ1) is 22.8. The molecule has 0 spiro atoms. The Labute approximate surface area is 187 Å². The van der Waals surface area contributed by atoms with Crippen LogP contribution < -0.4 is 10.1 Å². The molecule has 1 aliphatic heterocycles. The third-order valence-corrected chi connectivity index (χ3v) is 5.12. The molecule has 0 radical (unpaired) electrons. The summed E-state index contributed by atoms with van der Waals surface area (Å²) < 4.78 is 37.5. The van der Waals surface area contributed by atoms with Gasteiger partial charge in [0, 0.05) is 24.7 Å². The second-order valence-electron chi connectivity index (χ2n) is 6.69. The minimum absolute atomic E-state index is 0.0183. The van der Waals surface area contributed by atoms with Crippen molar-refractivity contribution < 1.29 is 27.8 Å². The summed E-state index contributed by atoms with van der Waals surface area (Å²) in [5.41, 5.74) is 0.914. The lowest BCUT2D eigenvalue weighted by molar-refractivity contribution is -0.123. The molecule has 164 valence electrons. The van der Waals surface area contributed by atoms with Crippen molar-refractivity contribution in [2.75, 3.05) is 19.7 Å². The average molecular weight is 471 g/mol. The standard InChI is InChI=1S/C21H18Cl2F2N2O4/c1-12(6-7-26-20(28)11-30-14-3-5-16(23)18(25)9-14)27-10-19(31-21(27)29)13-2-4-15(22)17(24)8-13/h2-5,8-9,19H,1,6-7,10-11H2,(H,26,28)/t19-/m0/s1. The maximum absolute atomic E-state index is 13.7. The lowest BCUT2D eigenvalue weighted by Gasteiger charge is -2.16. The summed E-state index contributed by atoms with van der Waals surface area (Å²) in [6.07, 6.45) is -0.985. The first-order valence-electron chi connectivity index (χ1n) is 9.20. The quantitative estimate of drug-likeness (QED) is 0.597. The van der Waals surface area contributed by atoms with Crippen LogP contribution in [0.25, 0.3) is 0 Å². The predicted molar refractivity (Wildman–Crippen MR) is 111 cm³/mol. The molecule has 1 fully saturated rings. The minimum Gasteiger partial charge on any atom is -0.484 e. The zero-order chi connectivity index (χ0) is 22.5. The van der Waals surface area contributed by atoms with E-state index in [1.807, 2.05) is 0 Å². The highest BCUT2D eigenvalue weighted by Crippen LogP contribution is 2.30. The van der Waals surface area contributed by atoms with Crippen molar-refractivity contribution in [3.8, 4) is 5.75 Å². The molecular formula is C21H18Cl2F2N2O4. The van der Waals surface area contributed by atoms with Crippen LogP contribution in [0, 0.1) is 11.6 Å². The molecule has 1 heterocycles. The van der Waals surface area contributed by atoms with Gasteiger partial charge in [-0.3, -0.25) is 9.69 Å². The van der Waals surface area contributed by atoms with Gasteiger partial charge in [-0.1, -0.05) is 35.8 Å². The monoisotopic (exact) mass is 470 g/mol. The molecule has 0 bridgehead atoms. The maximum atomic E-state index is 13.7. The molecule has 0 saturated carbocycles. The third kappa shape index (κ3) is 5.86. The number of cyclic esters (lactones) is 1. The molecule has 31 heavy (non-hydrogen) atoms. The van der Waals surface area contributed by atoms with Crippen molar-refractivity contribution in [2.45, 2.75) is 12.5 Å². The summed E-state index contributed by atoms with van der Waals surface area (Å²) in [5.74, 6) is -1.50. The van der Waals surface area contributed by atoms with Gasteiger partial charge in [-0.25, -0.2) is 13.6 Å². The highest BCUT2D eigenvalue weighted by atomic mass is 35.5. The zero-order valence-corrected chi connectivity index (χ0v) is 17.7. The first-order valence-corrected chi connectivity index (χ1v) is 9.95. The number of rotatable bonds is 8. The van der Waals surface area contributed by atoms with Crippen molar-refractivity contribution in [3.05, 3.63) is 75.9 Å². The van der Waals surface area contributed by atoms with Gasteiger partial charge in [0.2, 0.25) is 0 Å². The average Bonchev–Trinajstić information content (AvgIpc) is 3.12. The highest BCUT2D eigenvalue weighted by molar-refractivity contribution is 6.31. The Morgan fingerprint density at radius 1 is 1.19 bits per heavy atom. The first-order chi connectivity index (χ1) is 14.7. The molecule has 10 heteroatoms. The van der Waals surface area contributed by atoms with Crippen LogP contribution in [0.3, 0.4) is 0 Å². The van der Waals surface area contributed by atoms with Crippen LogP contribution in [0.5, 0.6) is 5.75 Å². The number of hydrogen-bond donors (Lipinski definition) is 1. The summed E-state index contributed by atoms with van der Waals surface area (Å²) in [6.45, 7) is 3.89. The van der Waals surface area contributed by atoms with Gasteiger partial charge in [-0.05, 0) is 29.8 Å². The number of carbonyl (C=O) groups excluding carboxylic acids is 2. The fourth-order valence-corrected chi connectivity index (χ4v) is 3.09. The molecular weight excluding hydrogens is 453 g/mol. The number of nitrogens with one attached hydrogen (secondary N) is 1. The van der Waals surface area contributed by atoms with E-state index in [9.17, 15) is 18.4 Å². The summed E-state index contributed by atoms with van der Waals surface area (Å²) in [6, 6.07) is 8.06. The summed E-state index contributed by atoms with van der Waals surface area (Å²) in [7, 11) is 0. The Hall–Kier alpha value is -2.84. The second-order valence-corrected chi connectivity index (χ2v) is 7.50. The Balaban J connectivity index is 1.43. The number of amides is 2. The molecule has 1 aliphatic rings. The van der Waals surface area contributed by atoms with Crippen LogP contribution in [0.15, 0.2) is 48.7 Å². The smallest absolute Gasteiger partial charge is 0.414 e. The Morgan fingerprint density at radius 3 is 2.55 bits per heavy atom. The number of ether oxygens (including phenoxy) is 2. The lowest BCUT2D eigenvalue weighted by atomic mass is 10.1. The summed E-state index contributed by atoms with van der Waals surface area (Å²) >= 11 is 11.3. The van der Waals surface area contributed by atoms with E-state index >= 15 is 0 Å². The van der Waals surface area contributed by atoms with Crippen molar-refractivity contribution in [3.63, 3.8) is 0 Å². The normalized spacial score (nSPS) is 15.5. The van der Waals surface area contributed by atoms with E-state index in [1.165, 1.54) is 29.2 Å². The second kappa shape index (κ2) is 9.98. The van der Waals surface area contributed by atoms with Gasteiger partial charge in [-0.15, -0.1) is 0 Å². The van der Waals surface area contributed by atoms with Crippen LogP contribution in [0.1, 0.15) is 18.1 Å². The van der Waals surface area contributed by atoms with Gasteiger partial charge < -0.3 is 14.8 Å². The van der Waals surface area contributed by atoms with Crippen molar-refractivity contribution in [1.82, 2.24) is 10.2 Å². The van der Waals surface area contributed by atoms with E-state index < -0.39 is 29.7 Å². The molecule has 0 unspecified atom stereocenters. The van der Waals surface area contributed by atoms with Crippen LogP contribution in [0.2, 0.25) is 10.0 Å². The van der Waals surface area contributed by atoms with Gasteiger partial charge in [0.25, 0.3) is 5.91 Å². The van der Waals surface area contributed by atoms with Crippen molar-refractivity contribution >= 4 is 35.2 Å².